The van der Waals surface area contributed by atoms with Crippen LogP contribution in [0.5, 0.6) is 0 Å². The molecule has 0 aromatic rings. The van der Waals surface area contributed by atoms with E-state index in [0.717, 1.165) is 12.8 Å². The van der Waals surface area contributed by atoms with Crippen molar-refractivity contribution in [1.29, 1.82) is 0 Å². The van der Waals surface area contributed by atoms with Gasteiger partial charge in [-0.2, -0.15) is 0 Å². The van der Waals surface area contributed by atoms with Crippen LogP contribution in [0.25, 0.3) is 0 Å². The molecule has 17 heavy (non-hydrogen) atoms. The molecule has 2 nitrogen and oxygen atoms in total. The average Bonchev–Trinajstić information content (AvgIpc) is 3.04. The zero-order chi connectivity index (χ0) is 12.5. The van der Waals surface area contributed by atoms with E-state index >= 15 is 0 Å². The Morgan fingerprint density at radius 3 is 2.18 bits per heavy atom. The van der Waals surface area contributed by atoms with Crippen molar-refractivity contribution in [2.24, 2.45) is 11.3 Å². The van der Waals surface area contributed by atoms with Crippen LogP contribution in [0, 0.1) is 11.3 Å². The number of nitrogens with one attached hydrogen (secondary N) is 1. The third-order valence-electron chi connectivity index (χ3n) is 4.52. The quantitative estimate of drug-likeness (QED) is 0.789. The van der Waals surface area contributed by atoms with E-state index in [1.54, 1.807) is 0 Å². The minimum Gasteiger partial charge on any atom is -0.357 e. The average molecular weight is 239 g/mol. The van der Waals surface area contributed by atoms with Crippen molar-refractivity contribution in [3.8, 4) is 0 Å². The van der Waals surface area contributed by atoms with Gasteiger partial charge in [0.15, 0.2) is 0 Å². The Hall–Kier alpha value is -0.0800. The molecule has 1 unspecified atom stereocenters. The van der Waals surface area contributed by atoms with E-state index in [1.807, 2.05) is 0 Å². The van der Waals surface area contributed by atoms with Crippen LogP contribution in [-0.4, -0.2) is 18.4 Å². The highest BCUT2D eigenvalue weighted by molar-refractivity contribution is 5.07. The van der Waals surface area contributed by atoms with Gasteiger partial charge in [0.1, 0.15) is 5.72 Å². The van der Waals surface area contributed by atoms with E-state index in [2.05, 4.69) is 33.0 Å². The van der Waals surface area contributed by atoms with Crippen LogP contribution in [0.4, 0.5) is 0 Å². The molecule has 2 rings (SSSR count). The van der Waals surface area contributed by atoms with Crippen molar-refractivity contribution in [2.75, 3.05) is 6.54 Å². The minimum absolute atomic E-state index is 0.0216. The molecule has 1 atom stereocenters. The van der Waals surface area contributed by atoms with Gasteiger partial charge in [-0.05, 0) is 31.6 Å². The fourth-order valence-electron chi connectivity index (χ4n) is 3.54. The molecule has 1 aliphatic carbocycles. The Morgan fingerprint density at radius 2 is 1.76 bits per heavy atom. The topological polar surface area (TPSA) is 21.3 Å². The molecule has 0 radical (unpaired) electrons. The standard InChI is InChI=1S/C15H29NO/c1-5-7-15(8-6-2)16-11-14(9-10-14)13(17-15)12(3)4/h12-13,16H,5-11H2,1-4H3. The predicted octanol–water partition coefficient (Wildman–Crippen LogP) is 3.71. The number of rotatable bonds is 5. The van der Waals surface area contributed by atoms with Gasteiger partial charge in [-0.15, -0.1) is 0 Å². The summed E-state index contributed by atoms with van der Waals surface area (Å²) in [6, 6.07) is 0. The smallest absolute Gasteiger partial charge is 0.119 e. The Bertz CT molecular complexity index is 252. The molecular formula is C15H29NO. The number of ether oxygens (including phenoxy) is 1. The Labute approximate surface area is 107 Å². The highest BCUT2D eigenvalue weighted by Gasteiger charge is 2.56. The van der Waals surface area contributed by atoms with E-state index in [4.69, 9.17) is 4.74 Å². The summed E-state index contributed by atoms with van der Waals surface area (Å²) in [5.41, 5.74) is 0.464. The predicted molar refractivity (Wildman–Crippen MR) is 71.9 cm³/mol. The first-order valence-electron chi connectivity index (χ1n) is 7.50. The van der Waals surface area contributed by atoms with Crippen molar-refractivity contribution >= 4 is 0 Å². The third kappa shape index (κ3) is 2.53. The van der Waals surface area contributed by atoms with Crippen LogP contribution in [0.3, 0.4) is 0 Å². The summed E-state index contributed by atoms with van der Waals surface area (Å²) < 4.78 is 6.58. The van der Waals surface area contributed by atoms with Crippen molar-refractivity contribution < 1.29 is 4.74 Å². The van der Waals surface area contributed by atoms with Gasteiger partial charge in [0.05, 0.1) is 6.10 Å². The second kappa shape index (κ2) is 4.89. The largest absolute Gasteiger partial charge is 0.357 e. The Balaban J connectivity index is 2.10. The number of hydrogen-bond donors (Lipinski definition) is 1. The van der Waals surface area contributed by atoms with Crippen LogP contribution in [0.15, 0.2) is 0 Å². The molecule has 0 aromatic carbocycles. The first kappa shape index (κ1) is 13.4. The maximum Gasteiger partial charge on any atom is 0.119 e. The second-order valence-electron chi connectivity index (χ2n) is 6.49. The van der Waals surface area contributed by atoms with Crippen molar-refractivity contribution in [3.05, 3.63) is 0 Å². The van der Waals surface area contributed by atoms with Gasteiger partial charge in [-0.25, -0.2) is 0 Å². The zero-order valence-corrected chi connectivity index (χ0v) is 12.0. The molecule has 1 spiro atoms. The molecule has 0 aromatic heterocycles. The maximum absolute atomic E-state index is 6.58. The summed E-state index contributed by atoms with van der Waals surface area (Å²) in [4.78, 5) is 0. The summed E-state index contributed by atoms with van der Waals surface area (Å²) in [6.07, 6.45) is 7.89. The monoisotopic (exact) mass is 239 g/mol. The Morgan fingerprint density at radius 1 is 1.18 bits per heavy atom. The third-order valence-corrected chi connectivity index (χ3v) is 4.52. The first-order chi connectivity index (χ1) is 8.07. The fourth-order valence-corrected chi connectivity index (χ4v) is 3.54. The van der Waals surface area contributed by atoms with E-state index in [9.17, 15) is 0 Å². The highest BCUT2D eigenvalue weighted by atomic mass is 16.5. The van der Waals surface area contributed by atoms with Crippen molar-refractivity contribution in [1.82, 2.24) is 5.32 Å². The molecule has 0 amide bonds. The molecule has 2 aliphatic rings. The Kier molecular flexibility index (Phi) is 3.84. The maximum atomic E-state index is 6.58. The van der Waals surface area contributed by atoms with Crippen LogP contribution < -0.4 is 5.32 Å². The van der Waals surface area contributed by atoms with Crippen molar-refractivity contribution in [2.45, 2.75) is 78.0 Å². The second-order valence-corrected chi connectivity index (χ2v) is 6.49. The lowest BCUT2D eigenvalue weighted by Crippen LogP contribution is -2.60. The van der Waals surface area contributed by atoms with Crippen LogP contribution in [0.2, 0.25) is 0 Å². The normalized spacial score (nSPS) is 29.8. The molecule has 0 bridgehead atoms. The van der Waals surface area contributed by atoms with E-state index in [0.29, 0.717) is 17.4 Å². The lowest BCUT2D eigenvalue weighted by Gasteiger charge is -2.48. The van der Waals surface area contributed by atoms with E-state index in [1.165, 1.54) is 32.2 Å². The SMILES string of the molecule is CCCC1(CCC)NCC2(CC2)C(C(C)C)O1. The van der Waals surface area contributed by atoms with Gasteiger partial charge in [-0.3, -0.25) is 5.32 Å². The van der Waals surface area contributed by atoms with Crippen LogP contribution in [0.1, 0.15) is 66.2 Å². The number of hydrogen-bond acceptors (Lipinski definition) is 2. The molecule has 100 valence electrons. The van der Waals surface area contributed by atoms with E-state index < -0.39 is 0 Å². The molecule has 1 heterocycles. The van der Waals surface area contributed by atoms with Gasteiger partial charge in [-0.1, -0.05) is 40.5 Å². The molecular weight excluding hydrogens is 210 g/mol. The van der Waals surface area contributed by atoms with Crippen molar-refractivity contribution in [3.63, 3.8) is 0 Å². The fraction of sp³-hybridized carbons (Fsp3) is 1.00. The van der Waals surface area contributed by atoms with Crippen LogP contribution in [-0.2, 0) is 4.74 Å². The highest BCUT2D eigenvalue weighted by Crippen LogP contribution is 2.55. The lowest BCUT2D eigenvalue weighted by molar-refractivity contribution is -0.194. The van der Waals surface area contributed by atoms with Crippen LogP contribution >= 0.6 is 0 Å². The molecule has 2 heteroatoms. The molecule has 1 saturated heterocycles. The summed E-state index contributed by atoms with van der Waals surface area (Å²) in [5.74, 6) is 0.646. The summed E-state index contributed by atoms with van der Waals surface area (Å²) >= 11 is 0. The molecule has 1 aliphatic heterocycles. The van der Waals surface area contributed by atoms with Gasteiger partial charge in [0.2, 0.25) is 0 Å². The van der Waals surface area contributed by atoms with Gasteiger partial charge >= 0.3 is 0 Å². The summed E-state index contributed by atoms with van der Waals surface area (Å²) in [5, 5.41) is 3.75. The minimum atomic E-state index is -0.0216. The molecule has 2 fully saturated rings. The van der Waals surface area contributed by atoms with E-state index in [-0.39, 0.29) is 5.72 Å². The molecule has 1 N–H and O–H groups in total. The summed E-state index contributed by atoms with van der Waals surface area (Å²) in [6.45, 7) is 10.3. The zero-order valence-electron chi connectivity index (χ0n) is 12.0. The lowest BCUT2D eigenvalue weighted by atomic mass is 9.85. The summed E-state index contributed by atoms with van der Waals surface area (Å²) in [7, 11) is 0. The first-order valence-corrected chi connectivity index (χ1v) is 7.50. The van der Waals surface area contributed by atoms with Gasteiger partial charge in [0, 0.05) is 12.0 Å². The van der Waals surface area contributed by atoms with Gasteiger partial charge in [0.25, 0.3) is 0 Å². The van der Waals surface area contributed by atoms with Gasteiger partial charge < -0.3 is 4.74 Å². The molecule has 1 saturated carbocycles.